The van der Waals surface area contributed by atoms with E-state index < -0.39 is 16.5 Å². The summed E-state index contributed by atoms with van der Waals surface area (Å²) < 4.78 is 2.98. The van der Waals surface area contributed by atoms with Crippen molar-refractivity contribution < 1.29 is 0 Å². The fourth-order valence-corrected chi connectivity index (χ4v) is 12.5. The average Bonchev–Trinajstić information content (AvgIpc) is 2.10. The Kier molecular flexibility index (Phi) is 6.09. The molecule has 18 heavy (non-hydrogen) atoms. The quantitative estimate of drug-likeness (QED) is 0.657. The van der Waals surface area contributed by atoms with Crippen LogP contribution in [0, 0.1) is 5.41 Å². The summed E-state index contributed by atoms with van der Waals surface area (Å²) in [7, 11) is -2.66. The summed E-state index contributed by atoms with van der Waals surface area (Å²) in [6, 6.07) is 0. The van der Waals surface area contributed by atoms with Gasteiger partial charge in [-0.15, -0.1) is 0 Å². The first-order valence-corrected chi connectivity index (χ1v) is 13.8. The Morgan fingerprint density at radius 1 is 0.889 bits per heavy atom. The minimum atomic E-state index is -1.40. The summed E-state index contributed by atoms with van der Waals surface area (Å²) in [5.41, 5.74) is 0.440. The van der Waals surface area contributed by atoms with Gasteiger partial charge < -0.3 is 0 Å². The van der Waals surface area contributed by atoms with Gasteiger partial charge in [-0.1, -0.05) is 0 Å². The topological polar surface area (TPSA) is 3.24 Å². The molecule has 0 aliphatic rings. The molecular formula is C14H34LiNSi2. The van der Waals surface area contributed by atoms with Gasteiger partial charge in [-0.2, -0.15) is 0 Å². The summed E-state index contributed by atoms with van der Waals surface area (Å²) in [5, 5.41) is 1.71. The van der Waals surface area contributed by atoms with Crippen LogP contribution in [0.3, 0.4) is 0 Å². The zero-order chi connectivity index (χ0) is 15.0. The third-order valence-electron chi connectivity index (χ3n) is 4.86. The number of nitrogens with zero attached hydrogens (tertiary/aromatic N) is 1. The van der Waals surface area contributed by atoms with Gasteiger partial charge in [0.1, 0.15) is 0 Å². The summed E-state index contributed by atoms with van der Waals surface area (Å²) in [6.45, 7) is 26.1. The molecule has 0 amide bonds. The molecule has 0 N–H and O–H groups in total. The van der Waals surface area contributed by atoms with Gasteiger partial charge in [0.2, 0.25) is 0 Å². The van der Waals surface area contributed by atoms with Crippen molar-refractivity contribution in [3.05, 3.63) is 0 Å². The summed E-state index contributed by atoms with van der Waals surface area (Å²) in [4.78, 5) is 0. The molecule has 0 bridgehead atoms. The first-order valence-electron chi connectivity index (χ1n) is 7.43. The van der Waals surface area contributed by atoms with Crippen LogP contribution in [0.4, 0.5) is 0 Å². The number of hydrogen-bond acceptors (Lipinski definition) is 1. The van der Waals surface area contributed by atoms with Crippen LogP contribution in [0.2, 0.25) is 42.9 Å². The standard InChI is InChI=1S/C14H34NSi2.Li/c1-13(2,3)12-15(16(7,8)9)17(10,11)14(4,5)6;/h1,12H2,2-11H3;. The monoisotopic (exact) mass is 279 g/mol. The zero-order valence-corrected chi connectivity index (χ0v) is 16.9. The van der Waals surface area contributed by atoms with E-state index in [9.17, 15) is 0 Å². The first kappa shape index (κ1) is 19.0. The fraction of sp³-hybridized carbons (Fsp3) is 1.00. The third kappa shape index (κ3) is 4.83. The van der Waals surface area contributed by atoms with Gasteiger partial charge >= 0.3 is 128 Å². The molecule has 0 rings (SSSR count). The van der Waals surface area contributed by atoms with Crippen LogP contribution < -0.4 is 0 Å². The molecule has 4 heteroatoms. The Morgan fingerprint density at radius 3 is 1.50 bits per heavy atom. The summed E-state index contributed by atoms with van der Waals surface area (Å²) in [5.74, 6) is 0. The molecule has 0 aromatic rings. The van der Waals surface area contributed by atoms with E-state index in [4.69, 9.17) is 0 Å². The molecule has 0 spiro atoms. The van der Waals surface area contributed by atoms with Gasteiger partial charge in [-0.3, -0.25) is 0 Å². The van der Waals surface area contributed by atoms with Crippen LogP contribution in [0.25, 0.3) is 0 Å². The van der Waals surface area contributed by atoms with Gasteiger partial charge in [-0.25, -0.2) is 0 Å². The molecule has 0 heterocycles. The fourth-order valence-electron chi connectivity index (χ4n) is 2.22. The Hall–Kier alpha value is 0.991. The van der Waals surface area contributed by atoms with E-state index in [-0.39, 0.29) is 0 Å². The molecule has 0 aliphatic heterocycles. The predicted molar refractivity (Wildman–Crippen MR) is 91.6 cm³/mol. The van der Waals surface area contributed by atoms with Gasteiger partial charge in [0.25, 0.3) is 0 Å². The second-order valence-electron chi connectivity index (χ2n) is 9.08. The Bertz CT molecular complexity index is 274. The molecule has 0 radical (unpaired) electrons. The molecule has 0 aromatic heterocycles. The molecule has 0 fully saturated rings. The molecule has 0 saturated carbocycles. The molecule has 0 unspecified atom stereocenters. The van der Waals surface area contributed by atoms with E-state index in [0.717, 1.165) is 0 Å². The maximum absolute atomic E-state index is 2.98. The normalized spacial score (nSPS) is 15.4. The van der Waals surface area contributed by atoms with Crippen molar-refractivity contribution in [2.24, 2.45) is 5.41 Å². The first-order chi connectivity index (χ1) is 7.65. The third-order valence-corrected chi connectivity index (χ3v) is 15.5. The van der Waals surface area contributed by atoms with Crippen LogP contribution in [-0.4, -0.2) is 45.0 Å². The van der Waals surface area contributed by atoms with E-state index in [0.29, 0.717) is 10.5 Å². The molecule has 0 saturated heterocycles. The molecule has 104 valence electrons. The SMILES string of the molecule is [Li][CH2]C(C)(C)CN([Si](C)(C)C)[Si](C)(C)C(C)(C)C. The molecular weight excluding hydrogens is 245 g/mol. The minimum absolute atomic E-state index is 0.440. The second-order valence-corrected chi connectivity index (χ2v) is 19.6. The Labute approximate surface area is 127 Å². The molecule has 1 nitrogen and oxygen atoms in total. The van der Waals surface area contributed by atoms with Crippen molar-refractivity contribution >= 4 is 34.2 Å². The van der Waals surface area contributed by atoms with Crippen LogP contribution in [0.5, 0.6) is 0 Å². The van der Waals surface area contributed by atoms with Crippen LogP contribution >= 0.6 is 0 Å². The van der Waals surface area contributed by atoms with Gasteiger partial charge in [0.15, 0.2) is 0 Å². The van der Waals surface area contributed by atoms with Gasteiger partial charge in [0.05, 0.1) is 0 Å². The zero-order valence-electron chi connectivity index (χ0n) is 14.9. The Morgan fingerprint density at radius 2 is 1.28 bits per heavy atom. The van der Waals surface area contributed by atoms with Crippen LogP contribution in [0.15, 0.2) is 0 Å². The van der Waals surface area contributed by atoms with Crippen LogP contribution in [-0.2, 0) is 0 Å². The van der Waals surface area contributed by atoms with E-state index >= 15 is 0 Å². The van der Waals surface area contributed by atoms with Crippen LogP contribution in [0.1, 0.15) is 34.6 Å². The van der Waals surface area contributed by atoms with Crippen molar-refractivity contribution in [2.75, 3.05) is 6.54 Å². The van der Waals surface area contributed by atoms with E-state index in [1.165, 1.54) is 11.6 Å². The summed E-state index contributed by atoms with van der Waals surface area (Å²) in [6.07, 6.45) is 0. The van der Waals surface area contributed by atoms with Crippen molar-refractivity contribution in [1.82, 2.24) is 4.23 Å². The van der Waals surface area contributed by atoms with Gasteiger partial charge in [0, 0.05) is 0 Å². The maximum atomic E-state index is 2.98. The van der Waals surface area contributed by atoms with Crippen molar-refractivity contribution in [3.63, 3.8) is 0 Å². The molecule has 0 atom stereocenters. The number of rotatable bonds is 5. The van der Waals surface area contributed by atoms with Crippen molar-refractivity contribution in [2.45, 2.75) is 77.5 Å². The van der Waals surface area contributed by atoms with Crippen molar-refractivity contribution in [1.29, 1.82) is 0 Å². The van der Waals surface area contributed by atoms with E-state index in [1.807, 2.05) is 0 Å². The molecule has 0 aromatic carbocycles. The number of hydrogen-bond donors (Lipinski definition) is 0. The Balaban J connectivity index is 5.41. The second kappa shape index (κ2) is 5.77. The predicted octanol–water partition coefficient (Wildman–Crippen LogP) is 4.74. The molecule has 0 aliphatic carbocycles. The van der Waals surface area contributed by atoms with Gasteiger partial charge in [-0.05, 0) is 0 Å². The van der Waals surface area contributed by atoms with Crippen molar-refractivity contribution in [3.8, 4) is 0 Å². The summed E-state index contributed by atoms with van der Waals surface area (Å²) >= 11 is 2.33. The van der Waals surface area contributed by atoms with E-state index in [2.05, 4.69) is 89.3 Å². The average molecular weight is 280 g/mol. The van der Waals surface area contributed by atoms with E-state index in [1.54, 1.807) is 0 Å².